The van der Waals surface area contributed by atoms with E-state index >= 15 is 0 Å². The molecule has 0 aliphatic carbocycles. The van der Waals surface area contributed by atoms with Gasteiger partial charge in [-0.3, -0.25) is 4.90 Å². The van der Waals surface area contributed by atoms with Gasteiger partial charge < -0.3 is 4.52 Å². The largest absolute Gasteiger partial charge is 0.338 e. The maximum atomic E-state index is 11.5. The molecule has 0 amide bonds. The number of rotatable bonds is 6. The molecule has 0 fully saturated rings. The Morgan fingerprint density at radius 1 is 1.27 bits per heavy atom. The third kappa shape index (κ3) is 3.92. The van der Waals surface area contributed by atoms with Crippen LogP contribution >= 0.6 is 0 Å². The van der Waals surface area contributed by atoms with E-state index in [2.05, 4.69) is 15.0 Å². The summed E-state index contributed by atoms with van der Waals surface area (Å²) in [6.07, 6.45) is 1.95. The number of hydrogen-bond donors (Lipinski definition) is 0. The molecule has 7 heteroatoms. The first kappa shape index (κ1) is 16.6. The summed E-state index contributed by atoms with van der Waals surface area (Å²) in [4.78, 5) is 6.69. The lowest BCUT2D eigenvalue weighted by atomic mass is 10.1. The van der Waals surface area contributed by atoms with E-state index in [-0.39, 0.29) is 6.04 Å². The average molecular weight is 323 g/mol. The second-order valence-corrected chi connectivity index (χ2v) is 7.41. The molecule has 120 valence electrons. The summed E-state index contributed by atoms with van der Waals surface area (Å²) < 4.78 is 28.2. The quantitative estimate of drug-likeness (QED) is 0.811. The van der Waals surface area contributed by atoms with Gasteiger partial charge in [-0.2, -0.15) is 4.98 Å². The number of aryl methyl sites for hydroxylation is 1. The van der Waals surface area contributed by atoms with Gasteiger partial charge in [0.2, 0.25) is 5.89 Å². The van der Waals surface area contributed by atoms with Crippen LogP contribution in [-0.2, 0) is 22.8 Å². The van der Waals surface area contributed by atoms with Crippen molar-refractivity contribution in [3.05, 3.63) is 41.5 Å². The molecule has 0 bridgehead atoms. The highest BCUT2D eigenvalue weighted by molar-refractivity contribution is 7.90. The van der Waals surface area contributed by atoms with Crippen molar-refractivity contribution in [3.63, 3.8) is 0 Å². The van der Waals surface area contributed by atoms with Gasteiger partial charge in [-0.1, -0.05) is 24.2 Å². The van der Waals surface area contributed by atoms with Crippen LogP contribution in [0.5, 0.6) is 0 Å². The predicted molar refractivity (Wildman–Crippen MR) is 83.1 cm³/mol. The molecule has 0 aliphatic heterocycles. The molecule has 1 atom stereocenters. The van der Waals surface area contributed by atoms with E-state index in [9.17, 15) is 8.42 Å². The van der Waals surface area contributed by atoms with Crippen LogP contribution in [0.4, 0.5) is 0 Å². The van der Waals surface area contributed by atoms with Gasteiger partial charge in [0.15, 0.2) is 15.7 Å². The Morgan fingerprint density at radius 2 is 1.91 bits per heavy atom. The van der Waals surface area contributed by atoms with Crippen molar-refractivity contribution in [2.75, 3.05) is 13.3 Å². The maximum absolute atomic E-state index is 11.5. The number of aromatic nitrogens is 2. The van der Waals surface area contributed by atoms with Crippen molar-refractivity contribution < 1.29 is 12.9 Å². The minimum absolute atomic E-state index is 0.102. The molecule has 0 unspecified atom stereocenters. The fourth-order valence-electron chi connectivity index (χ4n) is 2.10. The van der Waals surface area contributed by atoms with Crippen molar-refractivity contribution >= 4 is 9.84 Å². The van der Waals surface area contributed by atoms with Gasteiger partial charge in [-0.15, -0.1) is 0 Å². The molecule has 0 radical (unpaired) electrons. The highest BCUT2D eigenvalue weighted by Crippen LogP contribution is 2.22. The molecule has 0 saturated carbocycles. The number of hydrogen-bond acceptors (Lipinski definition) is 6. The Balaban J connectivity index is 2.08. The van der Waals surface area contributed by atoms with Crippen LogP contribution in [0.25, 0.3) is 0 Å². The second-order valence-electron chi connectivity index (χ2n) is 5.39. The van der Waals surface area contributed by atoms with Crippen LogP contribution in [0.3, 0.4) is 0 Å². The van der Waals surface area contributed by atoms with Crippen molar-refractivity contribution in [1.29, 1.82) is 0 Å². The van der Waals surface area contributed by atoms with Crippen LogP contribution in [-0.4, -0.2) is 36.8 Å². The monoisotopic (exact) mass is 323 g/mol. The zero-order valence-corrected chi connectivity index (χ0v) is 14.1. The normalized spacial score (nSPS) is 13.5. The molecule has 0 saturated heterocycles. The highest BCUT2D eigenvalue weighted by atomic mass is 32.2. The Hall–Kier alpha value is -1.73. The van der Waals surface area contributed by atoms with Crippen LogP contribution in [0.2, 0.25) is 0 Å². The van der Waals surface area contributed by atoms with Crippen molar-refractivity contribution in [3.8, 4) is 0 Å². The molecule has 0 spiro atoms. The Morgan fingerprint density at radius 3 is 2.41 bits per heavy atom. The van der Waals surface area contributed by atoms with Crippen molar-refractivity contribution in [2.45, 2.75) is 37.8 Å². The third-order valence-electron chi connectivity index (χ3n) is 3.66. The molecule has 2 rings (SSSR count). The van der Waals surface area contributed by atoms with E-state index in [1.165, 1.54) is 6.26 Å². The van der Waals surface area contributed by atoms with Crippen LogP contribution < -0.4 is 0 Å². The summed E-state index contributed by atoms with van der Waals surface area (Å²) >= 11 is 0. The molecule has 1 heterocycles. The lowest BCUT2D eigenvalue weighted by Crippen LogP contribution is -2.22. The average Bonchev–Trinajstić information content (AvgIpc) is 2.93. The number of benzene rings is 1. The summed E-state index contributed by atoms with van der Waals surface area (Å²) in [6, 6.07) is 7.05. The molecule has 0 aliphatic rings. The Kier molecular flexibility index (Phi) is 4.97. The van der Waals surface area contributed by atoms with E-state index in [0.717, 1.165) is 12.0 Å². The van der Waals surface area contributed by atoms with Gasteiger partial charge in [0.1, 0.15) is 0 Å². The van der Waals surface area contributed by atoms with Gasteiger partial charge in [0.05, 0.1) is 11.4 Å². The van der Waals surface area contributed by atoms with Crippen LogP contribution in [0.15, 0.2) is 33.7 Å². The molecular weight excluding hydrogens is 302 g/mol. The second kappa shape index (κ2) is 6.58. The third-order valence-corrected chi connectivity index (χ3v) is 4.79. The lowest BCUT2D eigenvalue weighted by Gasteiger charge is -2.23. The van der Waals surface area contributed by atoms with Gasteiger partial charge in [0, 0.05) is 18.7 Å². The first-order chi connectivity index (χ1) is 10.3. The molecule has 6 nitrogen and oxygen atoms in total. The first-order valence-electron chi connectivity index (χ1n) is 7.13. The topological polar surface area (TPSA) is 76.3 Å². The predicted octanol–water partition coefficient (Wildman–Crippen LogP) is 2.23. The molecule has 1 aromatic heterocycles. The smallest absolute Gasteiger partial charge is 0.240 e. The maximum Gasteiger partial charge on any atom is 0.240 e. The molecule has 2 aromatic rings. The lowest BCUT2D eigenvalue weighted by molar-refractivity contribution is 0.216. The highest BCUT2D eigenvalue weighted by Gasteiger charge is 2.16. The number of nitrogens with zero attached hydrogens (tertiary/aromatic N) is 3. The van der Waals surface area contributed by atoms with Gasteiger partial charge in [-0.05, 0) is 31.7 Å². The van der Waals surface area contributed by atoms with Gasteiger partial charge >= 0.3 is 0 Å². The Labute approximate surface area is 131 Å². The van der Waals surface area contributed by atoms with E-state index < -0.39 is 9.84 Å². The van der Waals surface area contributed by atoms with Crippen molar-refractivity contribution in [1.82, 2.24) is 15.0 Å². The summed E-state index contributed by atoms with van der Waals surface area (Å²) in [5, 5.41) is 3.88. The Bertz CT molecular complexity index is 723. The minimum Gasteiger partial charge on any atom is -0.338 e. The van der Waals surface area contributed by atoms with E-state index in [4.69, 9.17) is 4.52 Å². The standard InChI is InChI=1S/C15H21N3O3S/c1-5-14-16-15(21-17-14)10-18(3)11(2)12-6-8-13(9-7-12)22(4,19)20/h6-9,11H,5,10H2,1-4H3/t11-/m1/s1. The zero-order valence-electron chi connectivity index (χ0n) is 13.3. The summed E-state index contributed by atoms with van der Waals surface area (Å²) in [5.74, 6) is 1.28. The first-order valence-corrected chi connectivity index (χ1v) is 9.02. The van der Waals surface area contributed by atoms with E-state index in [0.29, 0.717) is 23.2 Å². The molecule has 1 aromatic carbocycles. The fourth-order valence-corrected chi connectivity index (χ4v) is 2.73. The zero-order chi connectivity index (χ0) is 16.3. The van der Waals surface area contributed by atoms with Gasteiger partial charge in [0.25, 0.3) is 0 Å². The molecule has 0 N–H and O–H groups in total. The summed E-state index contributed by atoms with van der Waals surface area (Å²) in [5.41, 5.74) is 1.03. The molecular formula is C15H21N3O3S. The minimum atomic E-state index is -3.16. The summed E-state index contributed by atoms with van der Waals surface area (Å²) in [7, 11) is -1.20. The van der Waals surface area contributed by atoms with E-state index in [1.807, 2.05) is 33.0 Å². The van der Waals surface area contributed by atoms with Crippen LogP contribution in [0, 0.1) is 0 Å². The van der Waals surface area contributed by atoms with E-state index in [1.54, 1.807) is 12.1 Å². The number of sulfone groups is 1. The van der Waals surface area contributed by atoms with Crippen molar-refractivity contribution in [2.24, 2.45) is 0 Å². The molecule has 22 heavy (non-hydrogen) atoms. The van der Waals surface area contributed by atoms with Crippen LogP contribution in [0.1, 0.15) is 37.2 Å². The fraction of sp³-hybridized carbons (Fsp3) is 0.467. The SMILES string of the molecule is CCc1noc(CN(C)[C@H](C)c2ccc(S(C)(=O)=O)cc2)n1. The van der Waals surface area contributed by atoms with Gasteiger partial charge in [-0.25, -0.2) is 8.42 Å². The summed E-state index contributed by atoms with van der Waals surface area (Å²) in [6.45, 7) is 4.57.